The van der Waals surface area contributed by atoms with E-state index in [1.807, 2.05) is 0 Å². The molecule has 1 aromatic heterocycles. The van der Waals surface area contributed by atoms with Crippen molar-refractivity contribution in [3.8, 4) is 11.4 Å². The van der Waals surface area contributed by atoms with Gasteiger partial charge in [-0.3, -0.25) is 14.2 Å². The lowest BCUT2D eigenvalue weighted by Gasteiger charge is -2.31. The second kappa shape index (κ2) is 12.1. The van der Waals surface area contributed by atoms with Gasteiger partial charge in [0.2, 0.25) is 0 Å². The zero-order valence-corrected chi connectivity index (χ0v) is 23.9. The van der Waals surface area contributed by atoms with Crippen LogP contribution < -0.4 is 10.3 Å². The van der Waals surface area contributed by atoms with Crippen LogP contribution in [-0.4, -0.2) is 27.5 Å². The highest BCUT2D eigenvalue weighted by Crippen LogP contribution is 2.37. The third kappa shape index (κ3) is 6.54. The van der Waals surface area contributed by atoms with Crippen LogP contribution in [0.2, 0.25) is 0 Å². The number of alkyl halides is 6. The number of aromatic nitrogens is 2. The van der Waals surface area contributed by atoms with Gasteiger partial charge >= 0.3 is 12.4 Å². The summed E-state index contributed by atoms with van der Waals surface area (Å²) in [4.78, 5) is 33.7. The van der Waals surface area contributed by atoms with Gasteiger partial charge in [-0.25, -0.2) is 4.98 Å². The summed E-state index contributed by atoms with van der Waals surface area (Å²) in [6.45, 7) is 1.29. The standard InChI is InChI=1S/C33H25F6N3O3/c1-20(29-40-28-11-7-6-10-27(28)31(44)42(29)25-12-14-26(45-2)15-13-25)41(19-21-8-4-3-5-9-21)30(43)22-16-23(32(34,35)36)18-24(17-22)33(37,38)39/h3-18,20H,19H2,1-2H3. The van der Waals surface area contributed by atoms with Gasteiger partial charge in [-0.1, -0.05) is 42.5 Å². The zero-order chi connectivity index (χ0) is 32.5. The Morgan fingerprint density at radius 2 is 1.42 bits per heavy atom. The fourth-order valence-electron chi connectivity index (χ4n) is 4.96. The van der Waals surface area contributed by atoms with Crippen molar-refractivity contribution in [3.05, 3.63) is 135 Å². The number of amides is 1. The summed E-state index contributed by atoms with van der Waals surface area (Å²) in [5.41, 5.74) is -3.36. The van der Waals surface area contributed by atoms with E-state index in [-0.39, 0.29) is 23.8 Å². The molecule has 0 radical (unpaired) electrons. The lowest BCUT2D eigenvalue weighted by Crippen LogP contribution is -2.37. The van der Waals surface area contributed by atoms with Gasteiger partial charge in [-0.05, 0) is 67.1 Å². The Labute approximate surface area is 253 Å². The highest BCUT2D eigenvalue weighted by atomic mass is 19.4. The topological polar surface area (TPSA) is 64.4 Å². The lowest BCUT2D eigenvalue weighted by molar-refractivity contribution is -0.143. The predicted molar refractivity (Wildman–Crippen MR) is 155 cm³/mol. The fourth-order valence-corrected chi connectivity index (χ4v) is 4.96. The molecular weight excluding hydrogens is 600 g/mol. The van der Waals surface area contributed by atoms with Crippen LogP contribution >= 0.6 is 0 Å². The highest BCUT2D eigenvalue weighted by Gasteiger charge is 2.38. The Morgan fingerprint density at radius 1 is 0.844 bits per heavy atom. The molecule has 1 amide bonds. The molecule has 0 spiro atoms. The highest BCUT2D eigenvalue weighted by molar-refractivity contribution is 5.95. The number of benzene rings is 4. The molecule has 5 rings (SSSR count). The number of fused-ring (bicyclic) bond motifs is 1. The van der Waals surface area contributed by atoms with Crippen molar-refractivity contribution in [2.45, 2.75) is 31.9 Å². The molecule has 0 aliphatic carbocycles. The van der Waals surface area contributed by atoms with E-state index in [1.54, 1.807) is 78.9 Å². The maximum atomic E-state index is 14.1. The largest absolute Gasteiger partial charge is 0.497 e. The minimum absolute atomic E-state index is 0.0338. The number of carbonyl (C=O) groups excluding carboxylic acids is 1. The molecule has 232 valence electrons. The third-order valence-corrected chi connectivity index (χ3v) is 7.26. The molecule has 0 bridgehead atoms. The zero-order valence-electron chi connectivity index (χ0n) is 23.9. The summed E-state index contributed by atoms with van der Waals surface area (Å²) in [6.07, 6.45) is -10.3. The first-order chi connectivity index (χ1) is 21.3. The summed E-state index contributed by atoms with van der Waals surface area (Å²) >= 11 is 0. The number of ether oxygens (including phenoxy) is 1. The van der Waals surface area contributed by atoms with E-state index in [1.165, 1.54) is 18.6 Å². The molecule has 0 N–H and O–H groups in total. The number of halogens is 6. The monoisotopic (exact) mass is 625 g/mol. The Morgan fingerprint density at radius 3 is 2.00 bits per heavy atom. The number of para-hydroxylation sites is 1. The van der Waals surface area contributed by atoms with E-state index in [0.717, 1.165) is 4.90 Å². The third-order valence-electron chi connectivity index (χ3n) is 7.26. The summed E-state index contributed by atoms with van der Waals surface area (Å²) < 4.78 is 88.7. The van der Waals surface area contributed by atoms with E-state index in [9.17, 15) is 35.9 Å². The summed E-state index contributed by atoms with van der Waals surface area (Å²) in [5.74, 6) is -0.580. The normalized spacial score (nSPS) is 12.6. The number of carbonyl (C=O) groups is 1. The number of hydrogen-bond donors (Lipinski definition) is 0. The van der Waals surface area contributed by atoms with Gasteiger partial charge in [0.25, 0.3) is 11.5 Å². The van der Waals surface area contributed by atoms with Gasteiger partial charge in [0, 0.05) is 12.1 Å². The van der Waals surface area contributed by atoms with Crippen molar-refractivity contribution < 1.29 is 35.9 Å². The van der Waals surface area contributed by atoms with Crippen LogP contribution in [0.5, 0.6) is 5.75 Å². The molecule has 6 nitrogen and oxygen atoms in total. The molecule has 0 saturated carbocycles. The van der Waals surface area contributed by atoms with Crippen LogP contribution in [0.4, 0.5) is 26.3 Å². The molecule has 1 unspecified atom stereocenters. The summed E-state index contributed by atoms with van der Waals surface area (Å²) in [7, 11) is 1.47. The van der Waals surface area contributed by atoms with Gasteiger partial charge in [-0.15, -0.1) is 0 Å². The second-order valence-corrected chi connectivity index (χ2v) is 10.2. The van der Waals surface area contributed by atoms with Gasteiger partial charge in [0.1, 0.15) is 11.6 Å². The Hall–Kier alpha value is -5.13. The van der Waals surface area contributed by atoms with Crippen molar-refractivity contribution in [2.24, 2.45) is 0 Å². The fraction of sp³-hybridized carbons (Fsp3) is 0.182. The first-order valence-electron chi connectivity index (χ1n) is 13.6. The molecule has 12 heteroatoms. The average Bonchev–Trinajstić information content (AvgIpc) is 3.02. The first kappa shape index (κ1) is 31.3. The van der Waals surface area contributed by atoms with E-state index >= 15 is 0 Å². The predicted octanol–water partition coefficient (Wildman–Crippen LogP) is 7.84. The van der Waals surface area contributed by atoms with Crippen LogP contribution in [0.3, 0.4) is 0 Å². The quantitative estimate of drug-likeness (QED) is 0.173. The number of hydrogen-bond acceptors (Lipinski definition) is 4. The van der Waals surface area contributed by atoms with E-state index in [2.05, 4.69) is 4.98 Å². The number of methoxy groups -OCH3 is 1. The molecule has 45 heavy (non-hydrogen) atoms. The van der Waals surface area contributed by atoms with Crippen LogP contribution in [0.25, 0.3) is 16.6 Å². The minimum Gasteiger partial charge on any atom is -0.497 e. The maximum Gasteiger partial charge on any atom is 0.416 e. The maximum absolute atomic E-state index is 14.1. The second-order valence-electron chi connectivity index (χ2n) is 10.2. The number of rotatable bonds is 7. The van der Waals surface area contributed by atoms with Crippen molar-refractivity contribution in [3.63, 3.8) is 0 Å². The first-order valence-corrected chi connectivity index (χ1v) is 13.6. The van der Waals surface area contributed by atoms with Gasteiger partial charge in [0.05, 0.1) is 40.9 Å². The van der Waals surface area contributed by atoms with E-state index < -0.39 is 46.6 Å². The van der Waals surface area contributed by atoms with Crippen LogP contribution in [0, 0.1) is 0 Å². The molecule has 0 aliphatic heterocycles. The lowest BCUT2D eigenvalue weighted by atomic mass is 10.0. The SMILES string of the molecule is COc1ccc(-n2c(C(C)N(Cc3ccccc3)C(=O)c3cc(C(F)(F)F)cc(C(F)(F)F)c3)nc3ccccc3c2=O)cc1. The van der Waals surface area contributed by atoms with Gasteiger partial charge < -0.3 is 9.64 Å². The Bertz CT molecular complexity index is 1870. The molecule has 4 aromatic carbocycles. The van der Waals surface area contributed by atoms with Gasteiger partial charge in [-0.2, -0.15) is 26.3 Å². The smallest absolute Gasteiger partial charge is 0.416 e. The number of nitrogens with zero attached hydrogens (tertiary/aromatic N) is 3. The minimum atomic E-state index is -5.15. The van der Waals surface area contributed by atoms with Crippen LogP contribution in [-0.2, 0) is 18.9 Å². The van der Waals surface area contributed by atoms with Crippen molar-refractivity contribution in [1.29, 1.82) is 0 Å². The van der Waals surface area contributed by atoms with E-state index in [4.69, 9.17) is 4.74 Å². The average molecular weight is 626 g/mol. The molecular formula is C33H25F6N3O3. The van der Waals surface area contributed by atoms with E-state index in [0.29, 0.717) is 34.6 Å². The molecule has 5 aromatic rings. The molecule has 0 aliphatic rings. The van der Waals surface area contributed by atoms with Crippen LogP contribution in [0.1, 0.15) is 45.8 Å². The Kier molecular flexibility index (Phi) is 8.42. The van der Waals surface area contributed by atoms with Crippen molar-refractivity contribution >= 4 is 16.8 Å². The Balaban J connectivity index is 1.73. The summed E-state index contributed by atoms with van der Waals surface area (Å²) in [6, 6.07) is 20.9. The van der Waals surface area contributed by atoms with Crippen molar-refractivity contribution in [2.75, 3.05) is 7.11 Å². The van der Waals surface area contributed by atoms with Crippen molar-refractivity contribution in [1.82, 2.24) is 14.5 Å². The molecule has 1 atom stereocenters. The summed E-state index contributed by atoms with van der Waals surface area (Å²) in [5, 5.41) is 0.262. The molecule has 0 saturated heterocycles. The molecule has 0 fully saturated rings. The van der Waals surface area contributed by atoms with Gasteiger partial charge in [0.15, 0.2) is 0 Å². The van der Waals surface area contributed by atoms with Crippen LogP contribution in [0.15, 0.2) is 102 Å². The molecule has 1 heterocycles.